The summed E-state index contributed by atoms with van der Waals surface area (Å²) >= 11 is 0. The molecule has 0 saturated heterocycles. The molecule has 0 heterocycles. The van der Waals surface area contributed by atoms with Gasteiger partial charge in [-0.3, -0.25) is 0 Å². The Morgan fingerprint density at radius 3 is 1.50 bits per heavy atom. The Labute approximate surface area is 180 Å². The molecule has 0 fully saturated rings. The van der Waals surface area contributed by atoms with E-state index in [0.29, 0.717) is 6.61 Å². The van der Waals surface area contributed by atoms with Crippen LogP contribution in [-0.2, 0) is 19.1 Å². The minimum atomic E-state index is -1.14. The molecule has 0 radical (unpaired) electrons. The number of carboxylic acid groups (broad SMARTS) is 2. The molecular weight excluding hydrogens is 384 g/mol. The third-order valence-electron chi connectivity index (χ3n) is 4.89. The van der Waals surface area contributed by atoms with Crippen molar-refractivity contribution in [3.05, 3.63) is 34.4 Å². The minimum Gasteiger partial charge on any atom is -0.478 e. The largest absolute Gasteiger partial charge is 0.478 e. The topological polar surface area (TPSA) is 101 Å². The molecule has 0 unspecified atom stereocenters. The van der Waals surface area contributed by atoms with Crippen LogP contribution < -0.4 is 0 Å². The average molecular weight is 423 g/mol. The third-order valence-corrected chi connectivity index (χ3v) is 4.89. The van der Waals surface area contributed by atoms with Gasteiger partial charge in [0.05, 0.1) is 6.61 Å². The molecule has 0 rings (SSSR count). The number of ether oxygens (including phenoxy) is 1. The number of carbonyl (C=O) groups is 3. The average Bonchev–Trinajstić information content (AvgIpc) is 2.70. The van der Waals surface area contributed by atoms with Crippen molar-refractivity contribution in [1.82, 2.24) is 0 Å². The molecule has 6 nitrogen and oxygen atoms in total. The number of esters is 1. The quantitative estimate of drug-likeness (QED) is 0.140. The smallest absolute Gasteiger partial charge is 0.334 e. The highest BCUT2D eigenvalue weighted by Crippen LogP contribution is 2.16. The first-order chi connectivity index (χ1) is 14.2. The number of carbonyl (C=O) groups excluding carboxylic acids is 1. The number of hydrogen-bond acceptors (Lipinski definition) is 4. The summed E-state index contributed by atoms with van der Waals surface area (Å²) in [4.78, 5) is 34.5. The fourth-order valence-electron chi connectivity index (χ4n) is 2.83. The first-order valence-corrected chi connectivity index (χ1v) is 10.9. The Hall–Kier alpha value is -2.37. The van der Waals surface area contributed by atoms with Crippen LogP contribution in [0.4, 0.5) is 0 Å². The van der Waals surface area contributed by atoms with Crippen molar-refractivity contribution in [3.8, 4) is 0 Å². The Bertz CT molecular complexity index is 623. The van der Waals surface area contributed by atoms with E-state index in [4.69, 9.17) is 14.9 Å². The summed E-state index contributed by atoms with van der Waals surface area (Å²) in [7, 11) is 0. The minimum absolute atomic E-state index is 0.00119. The van der Waals surface area contributed by atoms with Crippen molar-refractivity contribution < 1.29 is 29.3 Å². The van der Waals surface area contributed by atoms with Gasteiger partial charge >= 0.3 is 17.9 Å². The van der Waals surface area contributed by atoms with Gasteiger partial charge in [-0.15, -0.1) is 0 Å². The predicted molar refractivity (Wildman–Crippen MR) is 118 cm³/mol. The molecule has 0 aliphatic heterocycles. The maximum Gasteiger partial charge on any atom is 0.334 e. The standard InChI is InChI=1S/C24H38O6/c1-5-6-7-8-9-10-11-12-13-14-15-30-24(29)20(4)21(16-18(2)22(25)26)17-19(3)23(27)28/h16-17H,5-15H2,1-4H3,(H,25,26)(H,27,28). The molecule has 6 heteroatoms. The lowest BCUT2D eigenvalue weighted by Gasteiger charge is -2.08. The molecule has 2 N–H and O–H groups in total. The van der Waals surface area contributed by atoms with Crippen LogP contribution in [0.2, 0.25) is 0 Å². The molecule has 0 aromatic heterocycles. The fraction of sp³-hybridized carbons (Fsp3) is 0.625. The molecular formula is C24H38O6. The zero-order chi connectivity index (χ0) is 22.9. The van der Waals surface area contributed by atoms with E-state index in [-0.39, 0.29) is 22.3 Å². The molecule has 0 bridgehead atoms. The van der Waals surface area contributed by atoms with E-state index < -0.39 is 17.9 Å². The SMILES string of the molecule is CCCCCCCCCCCCOC(=O)C(C)=C(C=C(C)C(=O)O)C=C(C)C(=O)O. The van der Waals surface area contributed by atoms with Gasteiger partial charge in [-0.2, -0.15) is 0 Å². The second-order valence-electron chi connectivity index (χ2n) is 7.66. The first-order valence-electron chi connectivity index (χ1n) is 10.9. The van der Waals surface area contributed by atoms with Gasteiger partial charge in [0.15, 0.2) is 0 Å². The number of aliphatic carboxylic acids is 2. The van der Waals surface area contributed by atoms with E-state index in [1.807, 2.05) is 0 Å². The van der Waals surface area contributed by atoms with Gasteiger partial charge in [-0.05, 0) is 44.9 Å². The van der Waals surface area contributed by atoms with Gasteiger partial charge in [-0.1, -0.05) is 64.7 Å². The van der Waals surface area contributed by atoms with E-state index in [0.717, 1.165) is 19.3 Å². The van der Waals surface area contributed by atoms with Gasteiger partial charge < -0.3 is 14.9 Å². The van der Waals surface area contributed by atoms with Crippen LogP contribution in [0.15, 0.2) is 34.4 Å². The van der Waals surface area contributed by atoms with Crippen LogP contribution in [0, 0.1) is 0 Å². The predicted octanol–water partition coefficient (Wildman–Crippen LogP) is 5.83. The molecule has 0 aromatic rings. The van der Waals surface area contributed by atoms with Gasteiger partial charge in [0, 0.05) is 16.7 Å². The Balaban J connectivity index is 4.57. The summed E-state index contributed by atoms with van der Waals surface area (Å²) < 4.78 is 5.29. The lowest BCUT2D eigenvalue weighted by atomic mass is 10.0. The van der Waals surface area contributed by atoms with Gasteiger partial charge in [0.25, 0.3) is 0 Å². The molecule has 30 heavy (non-hydrogen) atoms. The van der Waals surface area contributed by atoms with Crippen LogP contribution in [0.5, 0.6) is 0 Å². The maximum absolute atomic E-state index is 12.3. The third kappa shape index (κ3) is 13.0. The molecule has 170 valence electrons. The molecule has 0 spiro atoms. The lowest BCUT2D eigenvalue weighted by Crippen LogP contribution is -2.10. The molecule has 0 atom stereocenters. The second-order valence-corrected chi connectivity index (χ2v) is 7.66. The summed E-state index contributed by atoms with van der Waals surface area (Å²) in [6.45, 7) is 6.78. The highest BCUT2D eigenvalue weighted by molar-refractivity contribution is 5.93. The Morgan fingerprint density at radius 1 is 0.700 bits per heavy atom. The van der Waals surface area contributed by atoms with Gasteiger partial charge in [0.2, 0.25) is 0 Å². The number of unbranched alkanes of at least 4 members (excludes halogenated alkanes) is 9. The highest BCUT2D eigenvalue weighted by Gasteiger charge is 2.13. The molecule has 0 amide bonds. The highest BCUT2D eigenvalue weighted by atomic mass is 16.5. The Morgan fingerprint density at radius 2 is 1.10 bits per heavy atom. The van der Waals surface area contributed by atoms with Crippen molar-refractivity contribution in [2.75, 3.05) is 6.61 Å². The van der Waals surface area contributed by atoms with E-state index >= 15 is 0 Å². The van der Waals surface area contributed by atoms with E-state index in [2.05, 4.69) is 6.92 Å². The summed E-state index contributed by atoms with van der Waals surface area (Å²) in [5.41, 5.74) is 0.411. The zero-order valence-corrected chi connectivity index (χ0v) is 19.0. The van der Waals surface area contributed by atoms with Gasteiger partial charge in [0.1, 0.15) is 0 Å². The monoisotopic (exact) mass is 422 g/mol. The van der Waals surface area contributed by atoms with Crippen LogP contribution in [0.1, 0.15) is 91.9 Å². The fourth-order valence-corrected chi connectivity index (χ4v) is 2.83. The molecule has 0 saturated carbocycles. The number of hydrogen-bond donors (Lipinski definition) is 2. The van der Waals surface area contributed by atoms with Crippen LogP contribution in [0.25, 0.3) is 0 Å². The lowest BCUT2D eigenvalue weighted by molar-refractivity contribution is -0.139. The van der Waals surface area contributed by atoms with Crippen LogP contribution in [-0.4, -0.2) is 34.7 Å². The van der Waals surface area contributed by atoms with Crippen molar-refractivity contribution in [2.45, 2.75) is 91.9 Å². The van der Waals surface area contributed by atoms with Crippen molar-refractivity contribution in [3.63, 3.8) is 0 Å². The molecule has 0 aromatic carbocycles. The number of rotatable bonds is 16. The zero-order valence-electron chi connectivity index (χ0n) is 19.0. The van der Waals surface area contributed by atoms with E-state index in [9.17, 15) is 14.4 Å². The Kier molecular flexibility index (Phi) is 15.1. The van der Waals surface area contributed by atoms with Crippen molar-refractivity contribution in [2.24, 2.45) is 0 Å². The molecule has 0 aliphatic carbocycles. The summed E-state index contributed by atoms with van der Waals surface area (Å²) in [5.74, 6) is -2.84. The number of allylic oxidation sites excluding steroid dienone is 3. The van der Waals surface area contributed by atoms with E-state index in [1.165, 1.54) is 77.9 Å². The second kappa shape index (κ2) is 16.4. The van der Waals surface area contributed by atoms with Gasteiger partial charge in [-0.25, -0.2) is 14.4 Å². The number of carboxylic acids is 2. The first kappa shape index (κ1) is 27.6. The normalized spacial score (nSPS) is 11.9. The van der Waals surface area contributed by atoms with Crippen molar-refractivity contribution >= 4 is 17.9 Å². The van der Waals surface area contributed by atoms with Crippen molar-refractivity contribution in [1.29, 1.82) is 0 Å². The summed E-state index contributed by atoms with van der Waals surface area (Å²) in [6, 6.07) is 0. The van der Waals surface area contributed by atoms with E-state index in [1.54, 1.807) is 0 Å². The summed E-state index contributed by atoms with van der Waals surface area (Å²) in [6.07, 6.45) is 14.4. The van der Waals surface area contributed by atoms with Crippen LogP contribution >= 0.6 is 0 Å². The maximum atomic E-state index is 12.3. The summed E-state index contributed by atoms with van der Waals surface area (Å²) in [5, 5.41) is 18.1. The van der Waals surface area contributed by atoms with Crippen LogP contribution in [0.3, 0.4) is 0 Å². The molecule has 0 aliphatic rings.